The van der Waals surface area contributed by atoms with E-state index in [0.717, 1.165) is 43.6 Å². The average molecular weight is 279 g/mol. The van der Waals surface area contributed by atoms with Crippen LogP contribution in [0.2, 0.25) is 0 Å². The van der Waals surface area contributed by atoms with Gasteiger partial charge in [-0.3, -0.25) is 9.80 Å². The van der Waals surface area contributed by atoms with Gasteiger partial charge in [-0.05, 0) is 25.7 Å². The molecule has 112 valence electrons. The zero-order chi connectivity index (χ0) is 13.9. The first-order chi connectivity index (χ1) is 9.74. The van der Waals surface area contributed by atoms with Gasteiger partial charge in [-0.15, -0.1) is 0 Å². The number of aromatic nitrogens is 1. The number of aryl methyl sites for hydroxylation is 1. The molecule has 5 heteroatoms. The predicted octanol–water partition coefficient (Wildman–Crippen LogP) is 1.53. The van der Waals surface area contributed by atoms with Crippen LogP contribution in [0.1, 0.15) is 24.3 Å². The number of hydrogen-bond acceptors (Lipinski definition) is 5. The minimum absolute atomic E-state index is 0.674. The quantitative estimate of drug-likeness (QED) is 0.817. The molecule has 4 heterocycles. The molecule has 0 radical (unpaired) electrons. The van der Waals surface area contributed by atoms with Crippen molar-refractivity contribution >= 4 is 0 Å². The fourth-order valence-electron chi connectivity index (χ4n) is 3.60. The third kappa shape index (κ3) is 3.22. The Morgan fingerprint density at radius 1 is 1.35 bits per heavy atom. The van der Waals surface area contributed by atoms with Crippen molar-refractivity contribution in [1.82, 2.24) is 15.0 Å². The normalized spacial score (nSPS) is 27.9. The summed E-state index contributed by atoms with van der Waals surface area (Å²) in [5, 5.41) is 3.99. The molecule has 0 amide bonds. The smallest absolute Gasteiger partial charge is 0.150 e. The summed E-state index contributed by atoms with van der Waals surface area (Å²) in [5.41, 5.74) is 0.972. The maximum absolute atomic E-state index is 5.37. The first-order valence-electron chi connectivity index (χ1n) is 7.62. The van der Waals surface area contributed by atoms with Crippen LogP contribution in [0.5, 0.6) is 0 Å². The van der Waals surface area contributed by atoms with Crippen molar-refractivity contribution in [3.05, 3.63) is 17.5 Å². The molecular weight excluding hydrogens is 254 g/mol. The van der Waals surface area contributed by atoms with Crippen LogP contribution in [0, 0.1) is 12.8 Å². The molecular formula is C15H25N3O2. The molecule has 4 rings (SSSR count). The van der Waals surface area contributed by atoms with Crippen LogP contribution in [0.3, 0.4) is 0 Å². The van der Waals surface area contributed by atoms with Crippen LogP contribution in [0.4, 0.5) is 0 Å². The van der Waals surface area contributed by atoms with Crippen molar-refractivity contribution in [2.24, 2.45) is 5.92 Å². The molecule has 3 saturated heterocycles. The van der Waals surface area contributed by atoms with Crippen LogP contribution in [-0.4, -0.2) is 60.9 Å². The van der Waals surface area contributed by atoms with Gasteiger partial charge in [0.05, 0.1) is 18.8 Å². The maximum atomic E-state index is 5.37. The molecule has 20 heavy (non-hydrogen) atoms. The number of piperidine rings is 1. The number of nitrogens with zero attached hydrogens (tertiary/aromatic N) is 3. The lowest BCUT2D eigenvalue weighted by Crippen LogP contribution is -2.45. The lowest BCUT2D eigenvalue weighted by Gasteiger charge is -2.35. The lowest BCUT2D eigenvalue weighted by molar-refractivity contribution is 0.0865. The molecule has 0 saturated carbocycles. The van der Waals surface area contributed by atoms with E-state index in [9.17, 15) is 0 Å². The highest BCUT2D eigenvalue weighted by atomic mass is 16.5. The van der Waals surface area contributed by atoms with Gasteiger partial charge in [-0.2, -0.15) is 0 Å². The van der Waals surface area contributed by atoms with E-state index in [2.05, 4.69) is 21.0 Å². The van der Waals surface area contributed by atoms with Crippen molar-refractivity contribution in [2.75, 3.05) is 39.9 Å². The highest BCUT2D eigenvalue weighted by Crippen LogP contribution is 2.28. The molecule has 0 aromatic carbocycles. The van der Waals surface area contributed by atoms with E-state index in [1.165, 1.54) is 25.9 Å². The maximum Gasteiger partial charge on any atom is 0.150 e. The Kier molecular flexibility index (Phi) is 4.38. The first-order valence-corrected chi connectivity index (χ1v) is 7.62. The summed E-state index contributed by atoms with van der Waals surface area (Å²) >= 11 is 0. The Morgan fingerprint density at radius 3 is 3.00 bits per heavy atom. The molecule has 1 aromatic rings. The highest BCUT2D eigenvalue weighted by molar-refractivity contribution is 5.03. The lowest BCUT2D eigenvalue weighted by atomic mass is 9.95. The predicted molar refractivity (Wildman–Crippen MR) is 76.5 cm³/mol. The Hall–Kier alpha value is -0.910. The molecule has 5 nitrogen and oxygen atoms in total. The molecule has 3 aliphatic heterocycles. The molecule has 0 unspecified atom stereocenters. The topological polar surface area (TPSA) is 41.7 Å². The number of fused-ring (bicyclic) bond motifs is 4. The van der Waals surface area contributed by atoms with E-state index in [1.807, 2.05) is 6.92 Å². The van der Waals surface area contributed by atoms with Gasteiger partial charge in [0, 0.05) is 45.4 Å². The van der Waals surface area contributed by atoms with Gasteiger partial charge in [0.2, 0.25) is 0 Å². The largest absolute Gasteiger partial charge is 0.383 e. The zero-order valence-electron chi connectivity index (χ0n) is 12.5. The highest BCUT2D eigenvalue weighted by Gasteiger charge is 2.34. The summed E-state index contributed by atoms with van der Waals surface area (Å²) in [5.74, 6) is 1.78. The van der Waals surface area contributed by atoms with Gasteiger partial charge in [0.15, 0.2) is 5.76 Å². The molecule has 0 N–H and O–H groups in total. The van der Waals surface area contributed by atoms with Gasteiger partial charge >= 0.3 is 0 Å². The molecule has 3 fully saturated rings. The van der Waals surface area contributed by atoms with E-state index >= 15 is 0 Å². The fourth-order valence-corrected chi connectivity index (χ4v) is 3.60. The number of rotatable bonds is 5. The molecule has 2 atom stereocenters. The van der Waals surface area contributed by atoms with Crippen molar-refractivity contribution in [2.45, 2.75) is 32.4 Å². The molecule has 0 spiro atoms. The second kappa shape index (κ2) is 6.24. The van der Waals surface area contributed by atoms with Crippen molar-refractivity contribution in [1.29, 1.82) is 0 Å². The van der Waals surface area contributed by atoms with E-state index in [-0.39, 0.29) is 0 Å². The molecule has 1 aromatic heterocycles. The van der Waals surface area contributed by atoms with Crippen LogP contribution >= 0.6 is 0 Å². The molecule has 3 aliphatic rings. The van der Waals surface area contributed by atoms with Crippen molar-refractivity contribution in [3.8, 4) is 0 Å². The number of ether oxygens (including phenoxy) is 1. The summed E-state index contributed by atoms with van der Waals surface area (Å²) in [6.07, 6.45) is 2.68. The molecule has 2 bridgehead atoms. The number of methoxy groups -OCH3 is 1. The Labute approximate surface area is 120 Å². The Bertz CT molecular complexity index is 435. The summed E-state index contributed by atoms with van der Waals surface area (Å²) in [6, 6.07) is 2.73. The van der Waals surface area contributed by atoms with Crippen LogP contribution in [0.15, 0.2) is 10.6 Å². The van der Waals surface area contributed by atoms with Gasteiger partial charge in [-0.25, -0.2) is 0 Å². The van der Waals surface area contributed by atoms with Crippen LogP contribution in [-0.2, 0) is 11.3 Å². The van der Waals surface area contributed by atoms with Gasteiger partial charge < -0.3 is 9.26 Å². The molecule has 0 aliphatic carbocycles. The minimum atomic E-state index is 0.674. The first kappa shape index (κ1) is 14.0. The van der Waals surface area contributed by atoms with Gasteiger partial charge in [0.25, 0.3) is 0 Å². The summed E-state index contributed by atoms with van der Waals surface area (Å²) in [7, 11) is 1.79. The average Bonchev–Trinajstić information content (AvgIpc) is 2.66. The monoisotopic (exact) mass is 279 g/mol. The van der Waals surface area contributed by atoms with E-state index in [4.69, 9.17) is 9.26 Å². The number of hydrogen-bond donors (Lipinski definition) is 0. The summed E-state index contributed by atoms with van der Waals surface area (Å²) in [6.45, 7) is 8.31. The zero-order valence-corrected chi connectivity index (χ0v) is 12.5. The standard InChI is InChI=1S/C15H25N3O2/c1-12-7-15(20-16-12)11-17-8-13-3-4-14(10-17)18(9-13)5-6-19-2/h7,13-14H,3-6,8-11H2,1-2H3/t13-,14+/m1/s1. The van der Waals surface area contributed by atoms with E-state index in [1.54, 1.807) is 7.11 Å². The van der Waals surface area contributed by atoms with Gasteiger partial charge in [0.1, 0.15) is 0 Å². The minimum Gasteiger partial charge on any atom is -0.383 e. The Balaban J connectivity index is 1.62. The van der Waals surface area contributed by atoms with Crippen LogP contribution < -0.4 is 0 Å². The van der Waals surface area contributed by atoms with Crippen molar-refractivity contribution in [3.63, 3.8) is 0 Å². The van der Waals surface area contributed by atoms with Gasteiger partial charge in [-0.1, -0.05) is 5.16 Å². The summed E-state index contributed by atoms with van der Waals surface area (Å²) < 4.78 is 10.6. The third-order valence-corrected chi connectivity index (χ3v) is 4.54. The van der Waals surface area contributed by atoms with Crippen LogP contribution in [0.25, 0.3) is 0 Å². The summed E-state index contributed by atoms with van der Waals surface area (Å²) in [4.78, 5) is 5.15. The van der Waals surface area contributed by atoms with E-state index in [0.29, 0.717) is 6.04 Å². The van der Waals surface area contributed by atoms with E-state index < -0.39 is 0 Å². The fraction of sp³-hybridized carbons (Fsp3) is 0.800. The SMILES string of the molecule is COCCN1C[C@@H]2CC[C@H]1CN(Cc1cc(C)no1)C2. The second-order valence-corrected chi connectivity index (χ2v) is 6.21. The third-order valence-electron chi connectivity index (χ3n) is 4.54. The Morgan fingerprint density at radius 2 is 2.25 bits per heavy atom. The second-order valence-electron chi connectivity index (χ2n) is 6.21. The van der Waals surface area contributed by atoms with Crippen molar-refractivity contribution < 1.29 is 9.26 Å².